The van der Waals surface area contributed by atoms with Gasteiger partial charge in [-0.05, 0) is 34.1 Å². The average molecular weight is 177 g/mol. The zero-order valence-corrected chi connectivity index (χ0v) is 8.66. The molecule has 0 aromatic carbocycles. The van der Waals surface area contributed by atoms with Gasteiger partial charge in [-0.15, -0.1) is 0 Å². The summed E-state index contributed by atoms with van der Waals surface area (Å²) in [5.41, 5.74) is -0.635. The molecule has 0 saturated heterocycles. The molecule has 66 valence electrons. The monoisotopic (exact) mass is 177 g/mol. The highest BCUT2D eigenvalue weighted by molar-refractivity contribution is 7.78. The minimum absolute atomic E-state index is 0.293. The third kappa shape index (κ3) is 5.02. The largest absolute Gasteiger partial charge is 0.345 e. The van der Waals surface area contributed by atoms with Crippen LogP contribution in [0.25, 0.3) is 0 Å². The van der Waals surface area contributed by atoms with Gasteiger partial charge in [0.15, 0.2) is 7.14 Å². The van der Waals surface area contributed by atoms with Gasteiger partial charge < -0.3 is 9.88 Å². The van der Waals surface area contributed by atoms with Crippen LogP contribution in [0.15, 0.2) is 0 Å². The topological polar surface area (TPSA) is 46.2 Å². The first-order chi connectivity index (χ1) is 4.63. The maximum absolute atomic E-state index is 11.2. The van der Waals surface area contributed by atoms with Gasteiger partial charge in [-0.3, -0.25) is 4.79 Å². The second-order valence-corrected chi connectivity index (χ2v) is 7.14. The van der Waals surface area contributed by atoms with Gasteiger partial charge in [0, 0.05) is 5.54 Å². The van der Waals surface area contributed by atoms with Crippen LogP contribution in [-0.4, -0.2) is 24.5 Å². The standard InChI is InChI=1S/C7H16NO2P/c1-7(2,3)8-6(9)11(4,5)10/h1-5H3,(H,8,9). The van der Waals surface area contributed by atoms with Crippen LogP contribution in [0.1, 0.15) is 20.8 Å². The Morgan fingerprint density at radius 3 is 1.73 bits per heavy atom. The third-order valence-electron chi connectivity index (χ3n) is 0.971. The van der Waals surface area contributed by atoms with Crippen molar-refractivity contribution < 1.29 is 9.36 Å². The number of amides is 1. The SMILES string of the molecule is CC(C)(C)NC(=O)P(C)(C)=O. The summed E-state index contributed by atoms with van der Waals surface area (Å²) in [6, 6.07) is 0. The number of hydrogen-bond acceptors (Lipinski definition) is 2. The number of carbonyl (C=O) groups excluding carboxylic acids is 1. The van der Waals surface area contributed by atoms with Crippen LogP contribution >= 0.6 is 7.14 Å². The molecule has 0 aromatic heterocycles. The van der Waals surface area contributed by atoms with E-state index >= 15 is 0 Å². The van der Waals surface area contributed by atoms with E-state index in [-0.39, 0.29) is 11.2 Å². The Bertz CT molecular complexity index is 199. The first-order valence-electron chi connectivity index (χ1n) is 3.50. The van der Waals surface area contributed by atoms with Crippen molar-refractivity contribution in [2.45, 2.75) is 26.3 Å². The minimum atomic E-state index is -2.60. The van der Waals surface area contributed by atoms with Crippen molar-refractivity contribution in [1.29, 1.82) is 0 Å². The van der Waals surface area contributed by atoms with Gasteiger partial charge in [-0.25, -0.2) is 0 Å². The Balaban J connectivity index is 4.23. The van der Waals surface area contributed by atoms with Crippen LogP contribution < -0.4 is 5.32 Å². The predicted molar refractivity (Wildman–Crippen MR) is 47.7 cm³/mol. The molecule has 4 heteroatoms. The Morgan fingerprint density at radius 2 is 1.64 bits per heavy atom. The Morgan fingerprint density at radius 1 is 1.27 bits per heavy atom. The molecular formula is C7H16NO2P. The lowest BCUT2D eigenvalue weighted by Gasteiger charge is -2.21. The molecule has 0 radical (unpaired) electrons. The van der Waals surface area contributed by atoms with Crippen LogP contribution in [0.3, 0.4) is 0 Å². The highest BCUT2D eigenvalue weighted by Gasteiger charge is 2.23. The lowest BCUT2D eigenvalue weighted by Crippen LogP contribution is -2.39. The van der Waals surface area contributed by atoms with E-state index in [0.717, 1.165) is 0 Å². The van der Waals surface area contributed by atoms with E-state index in [4.69, 9.17) is 0 Å². The molecule has 3 nitrogen and oxygen atoms in total. The van der Waals surface area contributed by atoms with Crippen molar-refractivity contribution in [3.8, 4) is 0 Å². The molecule has 0 rings (SSSR count). The summed E-state index contributed by atoms with van der Waals surface area (Å²) in [5.74, 6) is 0. The van der Waals surface area contributed by atoms with E-state index in [1.54, 1.807) is 0 Å². The van der Waals surface area contributed by atoms with Gasteiger partial charge in [0.2, 0.25) is 0 Å². The van der Waals surface area contributed by atoms with E-state index in [2.05, 4.69) is 5.32 Å². The van der Waals surface area contributed by atoms with Crippen molar-refractivity contribution in [1.82, 2.24) is 5.32 Å². The third-order valence-corrected chi connectivity index (χ3v) is 2.06. The quantitative estimate of drug-likeness (QED) is 0.623. The maximum Gasteiger partial charge on any atom is 0.278 e. The number of hydrogen-bond donors (Lipinski definition) is 1. The highest BCUT2D eigenvalue weighted by Crippen LogP contribution is 2.36. The summed E-state index contributed by atoms with van der Waals surface area (Å²) in [4.78, 5) is 11.1. The van der Waals surface area contributed by atoms with Gasteiger partial charge in [-0.1, -0.05) is 0 Å². The average Bonchev–Trinajstić information content (AvgIpc) is 1.56. The molecule has 0 unspecified atom stereocenters. The molecule has 0 fully saturated rings. The summed E-state index contributed by atoms with van der Waals surface area (Å²) in [6.07, 6.45) is 0. The van der Waals surface area contributed by atoms with E-state index < -0.39 is 7.14 Å². The Labute approximate surface area is 67.9 Å². The van der Waals surface area contributed by atoms with E-state index in [1.165, 1.54) is 13.3 Å². The Hall–Kier alpha value is -0.300. The van der Waals surface area contributed by atoms with Crippen LogP contribution in [0, 0.1) is 0 Å². The smallest absolute Gasteiger partial charge is 0.278 e. The molecule has 1 amide bonds. The van der Waals surface area contributed by atoms with Gasteiger partial charge in [0.05, 0.1) is 0 Å². The number of nitrogens with one attached hydrogen (secondary N) is 1. The lowest BCUT2D eigenvalue weighted by atomic mass is 10.1. The molecular weight excluding hydrogens is 161 g/mol. The zero-order valence-electron chi connectivity index (χ0n) is 7.76. The molecule has 0 aromatic rings. The van der Waals surface area contributed by atoms with Crippen molar-refractivity contribution in [3.63, 3.8) is 0 Å². The van der Waals surface area contributed by atoms with Crippen LogP contribution in [0.5, 0.6) is 0 Å². The van der Waals surface area contributed by atoms with Crippen LogP contribution in [0.4, 0.5) is 4.79 Å². The van der Waals surface area contributed by atoms with Crippen molar-refractivity contribution in [2.24, 2.45) is 0 Å². The second kappa shape index (κ2) is 2.98. The van der Waals surface area contributed by atoms with E-state index in [1.807, 2.05) is 20.8 Å². The molecule has 0 saturated carbocycles. The summed E-state index contributed by atoms with van der Waals surface area (Å²) in [6.45, 7) is 8.52. The minimum Gasteiger partial charge on any atom is -0.345 e. The molecule has 0 heterocycles. The fourth-order valence-electron chi connectivity index (χ4n) is 0.455. The van der Waals surface area contributed by atoms with Gasteiger partial charge in [-0.2, -0.15) is 0 Å². The van der Waals surface area contributed by atoms with Gasteiger partial charge in [0.25, 0.3) is 5.65 Å². The molecule has 0 aliphatic heterocycles. The molecule has 0 aliphatic rings. The second-order valence-electron chi connectivity index (χ2n) is 4.03. The van der Waals surface area contributed by atoms with Crippen LogP contribution in [-0.2, 0) is 4.57 Å². The Kier molecular flexibility index (Phi) is 2.90. The molecule has 11 heavy (non-hydrogen) atoms. The molecule has 0 aliphatic carbocycles. The number of rotatable bonds is 1. The predicted octanol–water partition coefficient (Wildman–Crippen LogP) is 2.12. The summed E-state index contributed by atoms with van der Waals surface area (Å²) >= 11 is 0. The summed E-state index contributed by atoms with van der Waals surface area (Å²) in [7, 11) is -2.60. The maximum atomic E-state index is 11.2. The lowest BCUT2D eigenvalue weighted by molar-refractivity contribution is 0.250. The normalized spacial score (nSPS) is 12.8. The van der Waals surface area contributed by atoms with Crippen molar-refractivity contribution in [3.05, 3.63) is 0 Å². The van der Waals surface area contributed by atoms with E-state index in [0.29, 0.717) is 0 Å². The molecule has 0 spiro atoms. The van der Waals surface area contributed by atoms with Crippen molar-refractivity contribution in [2.75, 3.05) is 13.3 Å². The van der Waals surface area contributed by atoms with Gasteiger partial charge >= 0.3 is 0 Å². The molecule has 0 bridgehead atoms. The van der Waals surface area contributed by atoms with Crippen LogP contribution in [0.2, 0.25) is 0 Å². The highest BCUT2D eigenvalue weighted by atomic mass is 31.2. The van der Waals surface area contributed by atoms with E-state index in [9.17, 15) is 9.36 Å². The van der Waals surface area contributed by atoms with Gasteiger partial charge in [0.1, 0.15) is 0 Å². The number of carbonyl (C=O) groups is 1. The summed E-state index contributed by atoms with van der Waals surface area (Å²) < 4.78 is 11.2. The molecule has 0 atom stereocenters. The zero-order chi connectivity index (χ0) is 9.28. The fraction of sp³-hybridized carbons (Fsp3) is 0.857. The fourth-order valence-corrected chi connectivity index (χ4v) is 1.06. The van der Waals surface area contributed by atoms with Crippen molar-refractivity contribution >= 4 is 12.8 Å². The first-order valence-corrected chi connectivity index (χ1v) is 6.11. The summed E-state index contributed by atoms with van der Waals surface area (Å²) in [5, 5.41) is 2.66. The first kappa shape index (κ1) is 10.7. The molecule has 1 N–H and O–H groups in total.